The summed E-state index contributed by atoms with van der Waals surface area (Å²) < 4.78 is 29.9. The van der Waals surface area contributed by atoms with Gasteiger partial charge in [0.1, 0.15) is 17.3 Å². The highest BCUT2D eigenvalue weighted by Gasteiger charge is 2.15. The average Bonchev–Trinajstić information content (AvgIpc) is 2.68. The van der Waals surface area contributed by atoms with Crippen molar-refractivity contribution < 1.29 is 23.4 Å². The number of aryl methyl sites for hydroxylation is 1. The van der Waals surface area contributed by atoms with E-state index in [1.165, 1.54) is 12.1 Å². The Labute approximate surface area is 163 Å². The molecule has 2 aromatic rings. The minimum atomic E-state index is -0.681. The van der Waals surface area contributed by atoms with Crippen molar-refractivity contribution in [3.05, 3.63) is 47.0 Å². The Morgan fingerprint density at radius 2 is 2.04 bits per heavy atom. The van der Waals surface area contributed by atoms with Crippen molar-refractivity contribution in [2.45, 2.75) is 20.4 Å². The highest BCUT2D eigenvalue weighted by molar-refractivity contribution is 5.71. The van der Waals surface area contributed by atoms with Gasteiger partial charge in [-0.25, -0.2) is 9.18 Å². The fourth-order valence-electron chi connectivity index (χ4n) is 3.16. The van der Waals surface area contributed by atoms with Crippen LogP contribution < -0.4 is 19.7 Å². The van der Waals surface area contributed by atoms with Crippen LogP contribution in [0.4, 0.5) is 14.9 Å². The summed E-state index contributed by atoms with van der Waals surface area (Å²) in [7, 11) is 1.59. The molecular formula is C20H24FN3O4. The summed E-state index contributed by atoms with van der Waals surface area (Å²) in [6, 6.07) is 4.25. The van der Waals surface area contributed by atoms with Crippen LogP contribution in [-0.2, 0) is 11.3 Å². The van der Waals surface area contributed by atoms with Crippen molar-refractivity contribution in [1.82, 2.24) is 10.3 Å². The molecule has 1 aromatic carbocycles. The number of rotatable bonds is 5. The van der Waals surface area contributed by atoms with Gasteiger partial charge in [0.15, 0.2) is 0 Å². The second-order valence-corrected chi connectivity index (χ2v) is 6.53. The van der Waals surface area contributed by atoms with Crippen molar-refractivity contribution in [1.29, 1.82) is 0 Å². The van der Waals surface area contributed by atoms with Gasteiger partial charge in [-0.3, -0.25) is 4.98 Å². The molecule has 0 saturated carbocycles. The summed E-state index contributed by atoms with van der Waals surface area (Å²) in [5.41, 5.74) is 3.10. The third kappa shape index (κ3) is 4.69. The lowest BCUT2D eigenvalue weighted by Crippen LogP contribution is -2.36. The first-order chi connectivity index (χ1) is 13.5. The maximum Gasteiger partial charge on any atom is 0.412 e. The maximum absolute atomic E-state index is 14.0. The van der Waals surface area contributed by atoms with Gasteiger partial charge in [0.25, 0.3) is 0 Å². The molecule has 1 saturated heterocycles. The number of benzene rings is 1. The molecule has 1 aliphatic rings. The van der Waals surface area contributed by atoms with Crippen molar-refractivity contribution in [3.8, 4) is 11.5 Å². The number of pyridine rings is 1. The fraction of sp³-hybridized carbons (Fsp3) is 0.400. The number of nitrogens with one attached hydrogen (secondary N) is 1. The number of carbonyl (C=O) groups is 1. The zero-order valence-corrected chi connectivity index (χ0v) is 16.3. The Balaban J connectivity index is 1.64. The number of hydrogen-bond acceptors (Lipinski definition) is 6. The lowest BCUT2D eigenvalue weighted by molar-refractivity contribution is 0.122. The van der Waals surface area contributed by atoms with Gasteiger partial charge in [-0.2, -0.15) is 0 Å². The van der Waals surface area contributed by atoms with Crippen molar-refractivity contribution in [2.75, 3.05) is 38.3 Å². The number of hydrogen-bond donors (Lipinski definition) is 1. The number of nitrogens with zero attached hydrogens (tertiary/aromatic N) is 2. The zero-order valence-electron chi connectivity index (χ0n) is 16.3. The van der Waals surface area contributed by atoms with Crippen LogP contribution in [0, 0.1) is 19.7 Å². The predicted molar refractivity (Wildman–Crippen MR) is 103 cm³/mol. The normalized spacial score (nSPS) is 13.9. The van der Waals surface area contributed by atoms with Gasteiger partial charge in [-0.05, 0) is 19.9 Å². The van der Waals surface area contributed by atoms with Crippen LogP contribution in [0.15, 0.2) is 24.4 Å². The van der Waals surface area contributed by atoms with Crippen LogP contribution in [-0.4, -0.2) is 44.5 Å². The van der Waals surface area contributed by atoms with E-state index in [2.05, 4.69) is 10.3 Å². The first kappa shape index (κ1) is 19.9. The number of halogens is 1. The Bertz CT molecular complexity index is 854. The molecule has 0 atom stereocenters. The van der Waals surface area contributed by atoms with Gasteiger partial charge in [0.2, 0.25) is 0 Å². The molecule has 150 valence electrons. The van der Waals surface area contributed by atoms with Crippen molar-refractivity contribution in [3.63, 3.8) is 0 Å². The Hall–Kier alpha value is -2.87. The number of amides is 1. The first-order valence-corrected chi connectivity index (χ1v) is 9.06. The second-order valence-electron chi connectivity index (χ2n) is 6.53. The zero-order chi connectivity index (χ0) is 20.1. The lowest BCUT2D eigenvalue weighted by Gasteiger charge is -2.29. The van der Waals surface area contributed by atoms with Crippen LogP contribution in [0.3, 0.4) is 0 Å². The predicted octanol–water partition coefficient (Wildman–Crippen LogP) is 2.97. The number of ether oxygens (including phenoxy) is 3. The molecule has 1 fully saturated rings. The van der Waals surface area contributed by atoms with Crippen LogP contribution in [0.2, 0.25) is 0 Å². The second kappa shape index (κ2) is 8.88. The molecule has 0 radical (unpaired) electrons. The van der Waals surface area contributed by atoms with Gasteiger partial charge in [-0.1, -0.05) is 0 Å². The van der Waals surface area contributed by atoms with Crippen molar-refractivity contribution in [2.24, 2.45) is 0 Å². The van der Waals surface area contributed by atoms with Crippen LogP contribution in [0.25, 0.3) is 0 Å². The molecule has 1 aromatic heterocycles. The van der Waals surface area contributed by atoms with E-state index < -0.39 is 11.9 Å². The largest absolute Gasteiger partial charge is 0.496 e. The quantitative estimate of drug-likeness (QED) is 0.848. The molecule has 0 bridgehead atoms. The first-order valence-electron chi connectivity index (χ1n) is 9.06. The third-order valence-corrected chi connectivity index (χ3v) is 4.59. The van der Waals surface area contributed by atoms with E-state index in [1.54, 1.807) is 19.4 Å². The average molecular weight is 389 g/mol. The molecule has 28 heavy (non-hydrogen) atoms. The van der Waals surface area contributed by atoms with E-state index in [0.717, 1.165) is 16.9 Å². The number of anilines is 1. The number of methoxy groups -OCH3 is 1. The molecule has 7 nitrogen and oxygen atoms in total. The van der Waals surface area contributed by atoms with Crippen molar-refractivity contribution >= 4 is 11.8 Å². The SMILES string of the molecule is COc1c(C)cnc(CNC(=O)Oc2cc(F)cc(N3CCOCC3)c2)c1C. The van der Waals surface area contributed by atoms with Gasteiger partial charge >= 0.3 is 6.09 Å². The highest BCUT2D eigenvalue weighted by atomic mass is 19.1. The Morgan fingerprint density at radius 3 is 2.75 bits per heavy atom. The van der Waals surface area contributed by atoms with E-state index in [4.69, 9.17) is 14.2 Å². The summed E-state index contributed by atoms with van der Waals surface area (Å²) in [6.07, 6.45) is 1.01. The molecule has 1 amide bonds. The summed E-state index contributed by atoms with van der Waals surface area (Å²) in [6.45, 7) is 6.44. The number of aromatic nitrogens is 1. The summed E-state index contributed by atoms with van der Waals surface area (Å²) >= 11 is 0. The summed E-state index contributed by atoms with van der Waals surface area (Å²) in [5, 5.41) is 2.64. The number of carbonyl (C=O) groups excluding carboxylic acids is 1. The molecule has 8 heteroatoms. The molecule has 3 rings (SSSR count). The highest BCUT2D eigenvalue weighted by Crippen LogP contribution is 2.25. The van der Waals surface area contributed by atoms with Gasteiger partial charge in [-0.15, -0.1) is 0 Å². The van der Waals surface area contributed by atoms with E-state index in [0.29, 0.717) is 37.7 Å². The van der Waals surface area contributed by atoms with E-state index in [1.807, 2.05) is 18.7 Å². The molecular weight excluding hydrogens is 365 g/mol. The minimum Gasteiger partial charge on any atom is -0.496 e. The third-order valence-electron chi connectivity index (χ3n) is 4.59. The Morgan fingerprint density at radius 1 is 1.29 bits per heavy atom. The van der Waals surface area contributed by atoms with E-state index in [-0.39, 0.29) is 12.3 Å². The summed E-state index contributed by atoms with van der Waals surface area (Å²) in [5.74, 6) is 0.415. The van der Waals surface area contributed by atoms with Gasteiger partial charge < -0.3 is 24.4 Å². The lowest BCUT2D eigenvalue weighted by atomic mass is 10.1. The number of morpholine rings is 1. The van der Waals surface area contributed by atoms with Gasteiger partial charge in [0, 0.05) is 48.2 Å². The molecule has 1 aliphatic heterocycles. The fourth-order valence-corrected chi connectivity index (χ4v) is 3.16. The van der Waals surface area contributed by atoms with Crippen LogP contribution in [0.5, 0.6) is 11.5 Å². The topological polar surface area (TPSA) is 72.9 Å². The molecule has 0 unspecified atom stereocenters. The molecule has 1 N–H and O–H groups in total. The van der Waals surface area contributed by atoms with E-state index >= 15 is 0 Å². The molecule has 0 spiro atoms. The summed E-state index contributed by atoms with van der Waals surface area (Å²) in [4.78, 5) is 18.5. The standard InChI is InChI=1S/C20H24FN3O4/c1-13-11-22-18(14(2)19(13)26-3)12-23-20(25)28-17-9-15(21)8-16(10-17)24-4-6-27-7-5-24/h8-11H,4-7,12H2,1-3H3,(H,23,25). The maximum atomic E-state index is 14.0. The van der Waals surface area contributed by atoms with Gasteiger partial charge in [0.05, 0.1) is 32.6 Å². The molecule has 0 aliphatic carbocycles. The monoisotopic (exact) mass is 389 g/mol. The van der Waals surface area contributed by atoms with Crippen LogP contribution >= 0.6 is 0 Å². The Kier molecular flexibility index (Phi) is 6.30. The smallest absolute Gasteiger partial charge is 0.412 e. The minimum absolute atomic E-state index is 0.144. The van der Waals surface area contributed by atoms with E-state index in [9.17, 15) is 9.18 Å². The van der Waals surface area contributed by atoms with Crippen LogP contribution in [0.1, 0.15) is 16.8 Å². The molecule has 2 heterocycles.